The molecule has 3 rings (SSSR count). The van der Waals surface area contributed by atoms with Gasteiger partial charge in [0.05, 0.1) is 16.2 Å². The molecule has 0 N–H and O–H groups in total. The number of rotatable bonds is 6. The zero-order chi connectivity index (χ0) is 17.0. The number of fused-ring (bicyclic) bond motifs is 1. The lowest BCUT2D eigenvalue weighted by Crippen LogP contribution is -2.40. The molecule has 0 aromatic heterocycles. The molecule has 1 aliphatic heterocycles. The van der Waals surface area contributed by atoms with E-state index < -0.39 is 15.1 Å². The second kappa shape index (κ2) is 7.66. The van der Waals surface area contributed by atoms with Crippen LogP contribution in [0, 0.1) is 0 Å². The van der Waals surface area contributed by atoms with Gasteiger partial charge in [-0.05, 0) is 42.2 Å². The van der Waals surface area contributed by atoms with Crippen LogP contribution in [-0.4, -0.2) is 26.4 Å². The highest BCUT2D eigenvalue weighted by atomic mass is 32.2. The molecule has 1 fully saturated rings. The van der Waals surface area contributed by atoms with Crippen LogP contribution < -0.4 is 0 Å². The van der Waals surface area contributed by atoms with Gasteiger partial charge in [0.15, 0.2) is 9.84 Å². The Morgan fingerprint density at radius 2 is 1.88 bits per heavy atom. The summed E-state index contributed by atoms with van der Waals surface area (Å²) >= 11 is 0. The Morgan fingerprint density at radius 3 is 2.67 bits per heavy atom. The average molecular weight is 346 g/mol. The van der Waals surface area contributed by atoms with Gasteiger partial charge in [0.2, 0.25) is 0 Å². The molecule has 0 aliphatic carbocycles. The molecular weight excluding hydrogens is 320 g/mol. The van der Waals surface area contributed by atoms with Crippen molar-refractivity contribution in [1.82, 2.24) is 0 Å². The third-order valence-corrected chi connectivity index (χ3v) is 7.17. The first-order chi connectivity index (χ1) is 11.6. The van der Waals surface area contributed by atoms with Crippen molar-refractivity contribution in [3.8, 4) is 0 Å². The number of benzene rings is 2. The van der Waals surface area contributed by atoms with Crippen molar-refractivity contribution in [1.29, 1.82) is 0 Å². The average Bonchev–Trinajstić information content (AvgIpc) is 2.62. The minimum Gasteiger partial charge on any atom is -0.377 e. The van der Waals surface area contributed by atoms with Crippen LogP contribution >= 0.6 is 0 Å². The number of unbranched alkanes of at least 4 members (excludes halogenated alkanes) is 2. The molecule has 3 nitrogen and oxygen atoms in total. The van der Waals surface area contributed by atoms with Crippen LogP contribution in [0.2, 0.25) is 0 Å². The maximum atomic E-state index is 13.2. The van der Waals surface area contributed by atoms with Gasteiger partial charge in [-0.3, -0.25) is 0 Å². The van der Waals surface area contributed by atoms with E-state index in [9.17, 15) is 8.42 Å². The Labute approximate surface area is 144 Å². The van der Waals surface area contributed by atoms with E-state index in [1.807, 2.05) is 36.4 Å². The quantitative estimate of drug-likeness (QED) is 0.710. The predicted octanol–water partition coefficient (Wildman–Crippen LogP) is 4.74. The lowest BCUT2D eigenvalue weighted by atomic mass is 10.0. The number of sulfone groups is 1. The Morgan fingerprint density at radius 1 is 1.08 bits per heavy atom. The maximum Gasteiger partial charge on any atom is 0.183 e. The molecule has 2 aromatic rings. The monoisotopic (exact) mass is 346 g/mol. The van der Waals surface area contributed by atoms with Crippen molar-refractivity contribution < 1.29 is 13.2 Å². The van der Waals surface area contributed by atoms with E-state index >= 15 is 0 Å². The molecular formula is C20H26O3S. The smallest absolute Gasteiger partial charge is 0.183 e. The molecule has 1 heterocycles. The molecule has 24 heavy (non-hydrogen) atoms. The second-order valence-electron chi connectivity index (χ2n) is 6.64. The van der Waals surface area contributed by atoms with Crippen LogP contribution in [0.3, 0.4) is 0 Å². The van der Waals surface area contributed by atoms with E-state index in [0.717, 1.165) is 42.9 Å². The summed E-state index contributed by atoms with van der Waals surface area (Å²) in [6, 6.07) is 13.3. The SMILES string of the molecule is CCCCC[C@H]1OCCC[C@@H]1S(=O)(=O)c1ccc2ccccc2c1. The molecule has 130 valence electrons. The topological polar surface area (TPSA) is 43.4 Å². The summed E-state index contributed by atoms with van der Waals surface area (Å²) < 4.78 is 32.2. The summed E-state index contributed by atoms with van der Waals surface area (Å²) in [5, 5.41) is 1.62. The molecule has 2 atom stereocenters. The fourth-order valence-electron chi connectivity index (χ4n) is 3.55. The highest BCUT2D eigenvalue weighted by Gasteiger charge is 2.37. The fourth-order valence-corrected chi connectivity index (χ4v) is 5.54. The predicted molar refractivity (Wildman–Crippen MR) is 98.0 cm³/mol. The molecule has 0 radical (unpaired) electrons. The summed E-state index contributed by atoms with van der Waals surface area (Å²) in [7, 11) is -3.36. The van der Waals surface area contributed by atoms with Gasteiger partial charge in [-0.15, -0.1) is 0 Å². The Balaban J connectivity index is 1.88. The van der Waals surface area contributed by atoms with E-state index in [0.29, 0.717) is 17.9 Å². The van der Waals surface area contributed by atoms with Gasteiger partial charge < -0.3 is 4.74 Å². The summed E-state index contributed by atoms with van der Waals surface area (Å²) in [6.45, 7) is 2.84. The van der Waals surface area contributed by atoms with Gasteiger partial charge in [0, 0.05) is 6.61 Å². The lowest BCUT2D eigenvalue weighted by molar-refractivity contribution is 0.0128. The fraction of sp³-hybridized carbons (Fsp3) is 0.500. The molecule has 0 unspecified atom stereocenters. The third kappa shape index (κ3) is 3.65. The first-order valence-corrected chi connectivity index (χ1v) is 10.5. The van der Waals surface area contributed by atoms with E-state index in [1.54, 1.807) is 6.07 Å². The Hall–Kier alpha value is -1.39. The van der Waals surface area contributed by atoms with Crippen LogP contribution in [0.15, 0.2) is 47.4 Å². The van der Waals surface area contributed by atoms with Crippen LogP contribution in [0.5, 0.6) is 0 Å². The van der Waals surface area contributed by atoms with Crippen molar-refractivity contribution in [2.45, 2.75) is 61.7 Å². The van der Waals surface area contributed by atoms with E-state index in [1.165, 1.54) is 0 Å². The summed E-state index contributed by atoms with van der Waals surface area (Å²) in [5.74, 6) is 0. The maximum absolute atomic E-state index is 13.2. The van der Waals surface area contributed by atoms with Gasteiger partial charge in [0.1, 0.15) is 0 Å². The van der Waals surface area contributed by atoms with Crippen LogP contribution in [0.25, 0.3) is 10.8 Å². The second-order valence-corrected chi connectivity index (χ2v) is 8.81. The number of hydrogen-bond donors (Lipinski definition) is 0. The Kier molecular flexibility index (Phi) is 5.57. The summed E-state index contributed by atoms with van der Waals surface area (Å²) in [4.78, 5) is 0.428. The number of ether oxygens (including phenoxy) is 1. The normalized spacial score (nSPS) is 21.9. The molecule has 0 bridgehead atoms. The first-order valence-electron chi connectivity index (χ1n) is 8.97. The summed E-state index contributed by atoms with van der Waals surface area (Å²) in [5.41, 5.74) is 0. The number of hydrogen-bond acceptors (Lipinski definition) is 3. The van der Waals surface area contributed by atoms with Crippen molar-refractivity contribution >= 4 is 20.6 Å². The zero-order valence-corrected chi connectivity index (χ0v) is 15.1. The highest BCUT2D eigenvalue weighted by molar-refractivity contribution is 7.92. The van der Waals surface area contributed by atoms with Gasteiger partial charge in [-0.1, -0.05) is 56.5 Å². The molecule has 1 saturated heterocycles. The lowest BCUT2D eigenvalue weighted by Gasteiger charge is -2.31. The minimum atomic E-state index is -3.36. The van der Waals surface area contributed by atoms with Crippen molar-refractivity contribution in [2.24, 2.45) is 0 Å². The standard InChI is InChI=1S/C20H26O3S/c1-2-3-4-10-19-20(11-7-14-23-19)24(21,22)18-13-12-16-8-5-6-9-17(16)15-18/h5-6,8-9,12-13,15,19-20H,2-4,7,10-11,14H2,1H3/t19-,20+/m1/s1. The van der Waals surface area contributed by atoms with Gasteiger partial charge in [-0.25, -0.2) is 8.42 Å². The minimum absolute atomic E-state index is 0.165. The van der Waals surface area contributed by atoms with Crippen molar-refractivity contribution in [2.75, 3.05) is 6.61 Å². The molecule has 2 aromatic carbocycles. The summed E-state index contributed by atoms with van der Waals surface area (Å²) in [6.07, 6.45) is 5.49. The van der Waals surface area contributed by atoms with E-state index in [2.05, 4.69) is 6.92 Å². The highest BCUT2D eigenvalue weighted by Crippen LogP contribution is 2.31. The third-order valence-electron chi connectivity index (χ3n) is 4.92. The van der Waals surface area contributed by atoms with Gasteiger partial charge in [0.25, 0.3) is 0 Å². The molecule has 1 aliphatic rings. The molecule has 0 saturated carbocycles. The van der Waals surface area contributed by atoms with Gasteiger partial charge >= 0.3 is 0 Å². The molecule has 4 heteroatoms. The Bertz CT molecular complexity index is 782. The largest absolute Gasteiger partial charge is 0.377 e. The van der Waals surface area contributed by atoms with Crippen molar-refractivity contribution in [3.63, 3.8) is 0 Å². The van der Waals surface area contributed by atoms with E-state index in [4.69, 9.17) is 4.74 Å². The van der Waals surface area contributed by atoms with Crippen LogP contribution in [0.4, 0.5) is 0 Å². The van der Waals surface area contributed by atoms with Crippen molar-refractivity contribution in [3.05, 3.63) is 42.5 Å². The zero-order valence-electron chi connectivity index (χ0n) is 14.3. The van der Waals surface area contributed by atoms with Gasteiger partial charge in [-0.2, -0.15) is 0 Å². The first kappa shape index (κ1) is 17.4. The van der Waals surface area contributed by atoms with Crippen LogP contribution in [-0.2, 0) is 14.6 Å². The van der Waals surface area contributed by atoms with E-state index in [-0.39, 0.29) is 6.10 Å². The molecule has 0 amide bonds. The molecule has 0 spiro atoms. The van der Waals surface area contributed by atoms with Crippen LogP contribution in [0.1, 0.15) is 45.4 Å².